The van der Waals surface area contributed by atoms with Crippen molar-refractivity contribution in [3.63, 3.8) is 0 Å². The fraction of sp³-hybridized carbons (Fsp3) is 0.182. The number of carbonyl (C=O) groups excluding carboxylic acids is 2. The maximum absolute atomic E-state index is 13.4. The lowest BCUT2D eigenvalue weighted by molar-refractivity contribution is -0.140. The number of hydrogen-bond acceptors (Lipinski definition) is 6. The van der Waals surface area contributed by atoms with Crippen molar-refractivity contribution >= 4 is 45.2 Å². The normalized spacial score (nSPS) is 15.5. The van der Waals surface area contributed by atoms with Gasteiger partial charge in [0.25, 0.3) is 10.0 Å². The summed E-state index contributed by atoms with van der Waals surface area (Å²) in [5.74, 6) is -2.98. The number of nitrogens with zero attached hydrogens (tertiary/aromatic N) is 1. The van der Waals surface area contributed by atoms with Crippen LogP contribution in [0.2, 0.25) is 0 Å². The highest BCUT2D eigenvalue weighted by atomic mass is 32.2. The van der Waals surface area contributed by atoms with E-state index in [1.165, 1.54) is 26.0 Å². The Labute approximate surface area is 193 Å². The molecule has 0 fully saturated rings. The van der Waals surface area contributed by atoms with Gasteiger partial charge in [0.2, 0.25) is 5.91 Å². The molecule has 1 unspecified atom stereocenters. The second-order valence-electron chi connectivity index (χ2n) is 7.15. The highest BCUT2D eigenvalue weighted by Crippen LogP contribution is 2.30. The lowest BCUT2D eigenvalue weighted by Crippen LogP contribution is -2.41. The van der Waals surface area contributed by atoms with E-state index in [0.717, 1.165) is 30.0 Å². The molecule has 0 bridgehead atoms. The number of carboxylic acid groups (broad SMARTS) is 1. The zero-order chi connectivity index (χ0) is 24.3. The highest BCUT2D eigenvalue weighted by Gasteiger charge is 2.28. The fourth-order valence-electron chi connectivity index (χ4n) is 3.16. The van der Waals surface area contributed by atoms with Gasteiger partial charge in [0.1, 0.15) is 11.9 Å². The first-order valence-corrected chi connectivity index (χ1v) is 12.0. The van der Waals surface area contributed by atoms with Gasteiger partial charge in [-0.25, -0.2) is 9.18 Å². The van der Waals surface area contributed by atoms with Crippen molar-refractivity contribution in [1.82, 2.24) is 5.32 Å². The summed E-state index contributed by atoms with van der Waals surface area (Å²) in [7, 11) is -4.25. The average Bonchev–Trinajstić information content (AvgIpc) is 2.73. The maximum Gasteiger partial charge on any atom is 0.327 e. The minimum absolute atomic E-state index is 0.0113. The zero-order valence-corrected chi connectivity index (χ0v) is 19.2. The molecule has 1 atom stereocenters. The number of halogens is 1. The maximum atomic E-state index is 13.4. The summed E-state index contributed by atoms with van der Waals surface area (Å²) < 4.78 is 43.2. The minimum atomic E-state index is -4.25. The Morgan fingerprint density at radius 2 is 1.85 bits per heavy atom. The number of nitrogens with one attached hydrogen (secondary N) is 1. The van der Waals surface area contributed by atoms with E-state index < -0.39 is 39.5 Å². The topological polar surface area (TPSA) is 130 Å². The van der Waals surface area contributed by atoms with Crippen molar-refractivity contribution in [2.75, 3.05) is 5.75 Å². The Bertz CT molecular complexity index is 1320. The second kappa shape index (κ2) is 9.67. The third-order valence-electron chi connectivity index (χ3n) is 4.65. The SMILES string of the molecule is CC(=O)NC(CSC1=CC(=NS(=O)(=O)c2ccc(F)cc2C)c2ccccc2C1=O)C(=O)O. The van der Waals surface area contributed by atoms with Gasteiger partial charge in [0.05, 0.1) is 15.5 Å². The van der Waals surface area contributed by atoms with Crippen LogP contribution in [-0.2, 0) is 19.6 Å². The Morgan fingerprint density at radius 1 is 1.18 bits per heavy atom. The number of amides is 1. The van der Waals surface area contributed by atoms with Gasteiger partial charge in [0, 0.05) is 23.8 Å². The summed E-state index contributed by atoms with van der Waals surface area (Å²) in [6.07, 6.45) is 1.28. The number of benzene rings is 2. The zero-order valence-electron chi connectivity index (χ0n) is 17.5. The Hall–Kier alpha value is -3.31. The monoisotopic (exact) mass is 490 g/mol. The second-order valence-corrected chi connectivity index (χ2v) is 9.78. The molecule has 0 saturated carbocycles. The largest absolute Gasteiger partial charge is 0.480 e. The number of aryl methyl sites for hydroxylation is 1. The molecule has 0 spiro atoms. The number of Topliss-reactive ketones (excluding diaryl/α,β-unsaturated/α-hetero) is 1. The Morgan fingerprint density at radius 3 is 2.45 bits per heavy atom. The van der Waals surface area contributed by atoms with Gasteiger partial charge in [-0.2, -0.15) is 12.8 Å². The van der Waals surface area contributed by atoms with Gasteiger partial charge in [-0.05, 0) is 36.8 Å². The Kier molecular flexibility index (Phi) is 7.13. The molecule has 8 nitrogen and oxygen atoms in total. The molecule has 0 saturated heterocycles. The smallest absolute Gasteiger partial charge is 0.327 e. The first-order valence-electron chi connectivity index (χ1n) is 9.59. The third-order valence-corrected chi connectivity index (χ3v) is 7.22. The molecule has 172 valence electrons. The van der Waals surface area contributed by atoms with Crippen LogP contribution in [0.25, 0.3) is 0 Å². The summed E-state index contributed by atoms with van der Waals surface area (Å²) >= 11 is 0.869. The lowest BCUT2D eigenvalue weighted by Gasteiger charge is -2.19. The van der Waals surface area contributed by atoms with Gasteiger partial charge in [0.15, 0.2) is 5.78 Å². The first-order chi connectivity index (χ1) is 15.5. The number of sulfonamides is 1. The summed E-state index contributed by atoms with van der Waals surface area (Å²) in [6, 6.07) is 8.27. The molecule has 0 heterocycles. The quantitative estimate of drug-likeness (QED) is 0.610. The molecular weight excluding hydrogens is 471 g/mol. The van der Waals surface area contributed by atoms with Crippen LogP contribution in [0.5, 0.6) is 0 Å². The number of rotatable bonds is 7. The van der Waals surface area contributed by atoms with E-state index in [9.17, 15) is 32.3 Å². The lowest BCUT2D eigenvalue weighted by atomic mass is 9.94. The summed E-state index contributed by atoms with van der Waals surface area (Å²) in [4.78, 5) is 35.5. The van der Waals surface area contributed by atoms with E-state index in [4.69, 9.17) is 0 Å². The summed E-state index contributed by atoms with van der Waals surface area (Å²) in [5.41, 5.74) is 0.672. The molecule has 3 rings (SSSR count). The van der Waals surface area contributed by atoms with E-state index in [-0.39, 0.29) is 32.4 Å². The molecule has 2 aromatic carbocycles. The number of fused-ring (bicyclic) bond motifs is 1. The van der Waals surface area contributed by atoms with Crippen molar-refractivity contribution in [2.24, 2.45) is 4.40 Å². The standard InChI is InChI=1S/C22H19FN2O6S2/c1-12-9-14(23)7-8-20(12)33(30,31)25-17-10-19(21(27)16-6-4-3-5-15(16)17)32-11-18(22(28)29)24-13(2)26/h3-10,18H,11H2,1-2H3,(H,24,26)(H,28,29). The molecule has 11 heteroatoms. The molecule has 2 N–H and O–H groups in total. The van der Waals surface area contributed by atoms with Crippen LogP contribution in [-0.4, -0.2) is 48.7 Å². The molecule has 1 aliphatic rings. The van der Waals surface area contributed by atoms with Crippen LogP contribution in [0.15, 0.2) is 62.7 Å². The molecule has 0 aromatic heterocycles. The number of thioether (sulfide) groups is 1. The number of hydrogen-bond donors (Lipinski definition) is 2. The summed E-state index contributed by atoms with van der Waals surface area (Å²) in [5, 5.41) is 11.6. The van der Waals surface area contributed by atoms with Gasteiger partial charge in [-0.3, -0.25) is 9.59 Å². The van der Waals surface area contributed by atoms with Crippen molar-refractivity contribution < 1.29 is 32.3 Å². The van der Waals surface area contributed by atoms with E-state index in [1.807, 2.05) is 0 Å². The first kappa shape index (κ1) is 24.3. The van der Waals surface area contributed by atoms with Gasteiger partial charge in [-0.15, -0.1) is 11.8 Å². The van der Waals surface area contributed by atoms with Crippen molar-refractivity contribution in [2.45, 2.75) is 24.8 Å². The van der Waals surface area contributed by atoms with E-state index in [0.29, 0.717) is 5.56 Å². The molecule has 33 heavy (non-hydrogen) atoms. The highest BCUT2D eigenvalue weighted by molar-refractivity contribution is 8.04. The Balaban J connectivity index is 2.03. The number of allylic oxidation sites excluding steroid dienone is 2. The van der Waals surface area contributed by atoms with Gasteiger partial charge in [-0.1, -0.05) is 24.3 Å². The van der Waals surface area contributed by atoms with Gasteiger partial charge < -0.3 is 10.4 Å². The summed E-state index contributed by atoms with van der Waals surface area (Å²) in [6.45, 7) is 2.62. The molecular formula is C22H19FN2O6S2. The van der Waals surface area contributed by atoms with E-state index >= 15 is 0 Å². The van der Waals surface area contributed by atoms with Crippen LogP contribution in [0, 0.1) is 12.7 Å². The number of carbonyl (C=O) groups is 3. The van der Waals surface area contributed by atoms with Crippen LogP contribution >= 0.6 is 11.8 Å². The average molecular weight is 491 g/mol. The molecule has 1 amide bonds. The van der Waals surface area contributed by atoms with Gasteiger partial charge >= 0.3 is 5.97 Å². The third kappa shape index (κ3) is 5.55. The fourth-order valence-corrected chi connectivity index (χ4v) is 5.38. The minimum Gasteiger partial charge on any atom is -0.480 e. The van der Waals surface area contributed by atoms with E-state index in [2.05, 4.69) is 9.71 Å². The van der Waals surface area contributed by atoms with Crippen LogP contribution < -0.4 is 5.32 Å². The molecule has 0 radical (unpaired) electrons. The van der Waals surface area contributed by atoms with Crippen LogP contribution in [0.3, 0.4) is 0 Å². The number of ketones is 1. The van der Waals surface area contributed by atoms with Crippen molar-refractivity contribution in [1.29, 1.82) is 0 Å². The molecule has 0 aliphatic heterocycles. The molecule has 2 aromatic rings. The van der Waals surface area contributed by atoms with Crippen LogP contribution in [0.1, 0.15) is 28.4 Å². The van der Waals surface area contributed by atoms with Crippen LogP contribution in [0.4, 0.5) is 4.39 Å². The predicted octanol–water partition coefficient (Wildman–Crippen LogP) is 2.71. The van der Waals surface area contributed by atoms with Crippen molar-refractivity contribution in [3.05, 3.63) is 76.0 Å². The number of carboxylic acids is 1. The predicted molar refractivity (Wildman–Crippen MR) is 121 cm³/mol. The van der Waals surface area contributed by atoms with Crippen molar-refractivity contribution in [3.8, 4) is 0 Å². The number of aliphatic carboxylic acids is 1. The molecule has 1 aliphatic carbocycles. The van der Waals surface area contributed by atoms with E-state index in [1.54, 1.807) is 18.2 Å².